The van der Waals surface area contributed by atoms with Crippen molar-refractivity contribution in [1.82, 2.24) is 4.31 Å². The first-order valence-corrected chi connectivity index (χ1v) is 11.6. The molecule has 1 aromatic rings. The molecule has 1 aliphatic heterocycles. The molecular weight excluding hydrogens is 346 g/mol. The van der Waals surface area contributed by atoms with Crippen LogP contribution in [0.15, 0.2) is 29.2 Å². The summed E-state index contributed by atoms with van der Waals surface area (Å²) in [4.78, 5) is 0.256. The maximum absolute atomic E-state index is 13.1. The summed E-state index contributed by atoms with van der Waals surface area (Å²) in [7, 11) is -6.79. The van der Waals surface area contributed by atoms with Gasteiger partial charge < -0.3 is 0 Å². The zero-order valence-electron chi connectivity index (χ0n) is 14.4. The maximum atomic E-state index is 13.1. The van der Waals surface area contributed by atoms with E-state index in [1.807, 2.05) is 12.1 Å². The standard InChI is InChI=1S/C17H25NO4S2/c1-17(2,3)13-4-8-16(9-5-13)24(21,22)18(14-6-7-14)15-10-11-23(19,20)12-15/h4-5,8-9,14-15H,6-7,10-12H2,1-3H3. The van der Waals surface area contributed by atoms with Gasteiger partial charge in [-0.15, -0.1) is 0 Å². The lowest BCUT2D eigenvalue weighted by molar-refractivity contribution is 0.332. The van der Waals surface area contributed by atoms with Gasteiger partial charge in [-0.3, -0.25) is 0 Å². The van der Waals surface area contributed by atoms with Crippen LogP contribution in [0.25, 0.3) is 0 Å². The largest absolute Gasteiger partial charge is 0.243 e. The van der Waals surface area contributed by atoms with Gasteiger partial charge in [0, 0.05) is 12.1 Å². The first kappa shape index (κ1) is 17.9. The topological polar surface area (TPSA) is 71.5 Å². The summed E-state index contributed by atoms with van der Waals surface area (Å²) >= 11 is 0. The molecule has 2 aliphatic rings. The van der Waals surface area contributed by atoms with Crippen molar-refractivity contribution in [1.29, 1.82) is 0 Å². The first-order valence-electron chi connectivity index (χ1n) is 8.35. The molecule has 1 heterocycles. The molecule has 24 heavy (non-hydrogen) atoms. The van der Waals surface area contributed by atoms with Crippen LogP contribution >= 0.6 is 0 Å². The van der Waals surface area contributed by atoms with Crippen molar-refractivity contribution in [2.45, 2.75) is 62.4 Å². The third-order valence-electron chi connectivity index (χ3n) is 4.77. The fourth-order valence-electron chi connectivity index (χ4n) is 3.24. The van der Waals surface area contributed by atoms with Crippen LogP contribution < -0.4 is 0 Å². The Morgan fingerprint density at radius 1 is 1.00 bits per heavy atom. The monoisotopic (exact) mass is 371 g/mol. The van der Waals surface area contributed by atoms with E-state index in [4.69, 9.17) is 0 Å². The lowest BCUT2D eigenvalue weighted by Gasteiger charge is -2.27. The molecule has 134 valence electrons. The highest BCUT2D eigenvalue weighted by Crippen LogP contribution is 2.37. The molecule has 0 bridgehead atoms. The Hall–Kier alpha value is -0.920. The Morgan fingerprint density at radius 2 is 1.58 bits per heavy atom. The average molecular weight is 372 g/mol. The van der Waals surface area contributed by atoms with E-state index in [2.05, 4.69) is 20.8 Å². The van der Waals surface area contributed by atoms with Crippen molar-refractivity contribution < 1.29 is 16.8 Å². The molecule has 0 spiro atoms. The molecule has 0 aromatic heterocycles. The minimum absolute atomic E-state index is 0.0436. The third kappa shape index (κ3) is 3.53. The second-order valence-electron chi connectivity index (χ2n) is 7.90. The van der Waals surface area contributed by atoms with Crippen LogP contribution in [-0.2, 0) is 25.3 Å². The van der Waals surface area contributed by atoms with Crippen LogP contribution in [0.3, 0.4) is 0 Å². The molecule has 1 saturated carbocycles. The highest BCUT2D eigenvalue weighted by atomic mass is 32.2. The molecule has 7 heteroatoms. The molecular formula is C17H25NO4S2. The fourth-order valence-corrected chi connectivity index (χ4v) is 6.95. The predicted molar refractivity (Wildman–Crippen MR) is 94.2 cm³/mol. The number of hydrogen-bond acceptors (Lipinski definition) is 4. The van der Waals surface area contributed by atoms with Gasteiger partial charge in [0.25, 0.3) is 0 Å². The van der Waals surface area contributed by atoms with Gasteiger partial charge in [0.1, 0.15) is 0 Å². The number of hydrogen-bond donors (Lipinski definition) is 0. The van der Waals surface area contributed by atoms with Crippen LogP contribution in [0.2, 0.25) is 0 Å². The number of sulfone groups is 1. The summed E-state index contributed by atoms with van der Waals surface area (Å²) in [6.45, 7) is 6.24. The molecule has 1 saturated heterocycles. The zero-order valence-corrected chi connectivity index (χ0v) is 16.0. The zero-order chi connectivity index (χ0) is 17.8. The normalized spacial score (nSPS) is 24.4. The SMILES string of the molecule is CC(C)(C)c1ccc(S(=O)(=O)N(C2CC2)C2CCS(=O)(=O)C2)cc1. The summed E-state index contributed by atoms with van der Waals surface area (Å²) in [5, 5.41) is 0. The van der Waals surface area contributed by atoms with Gasteiger partial charge in [-0.25, -0.2) is 16.8 Å². The molecule has 0 radical (unpaired) electrons. The van der Waals surface area contributed by atoms with Crippen LogP contribution in [0.1, 0.15) is 45.6 Å². The smallest absolute Gasteiger partial charge is 0.229 e. The number of sulfonamides is 1. The van der Waals surface area contributed by atoms with Crippen molar-refractivity contribution in [2.24, 2.45) is 0 Å². The van der Waals surface area contributed by atoms with Crippen LogP contribution in [0.4, 0.5) is 0 Å². The van der Waals surface area contributed by atoms with Gasteiger partial charge in [-0.1, -0.05) is 32.9 Å². The van der Waals surface area contributed by atoms with E-state index in [-0.39, 0.29) is 27.9 Å². The van der Waals surface area contributed by atoms with Crippen LogP contribution in [0.5, 0.6) is 0 Å². The summed E-state index contributed by atoms with van der Waals surface area (Å²) in [6, 6.07) is 6.53. The summed E-state index contributed by atoms with van der Waals surface area (Å²) in [5.41, 5.74) is 1.03. The van der Waals surface area contributed by atoms with Crippen molar-refractivity contribution in [2.75, 3.05) is 11.5 Å². The molecule has 2 fully saturated rings. The van der Waals surface area contributed by atoms with Gasteiger partial charge in [-0.2, -0.15) is 4.31 Å². The van der Waals surface area contributed by atoms with E-state index in [1.165, 1.54) is 4.31 Å². The van der Waals surface area contributed by atoms with E-state index < -0.39 is 25.9 Å². The Kier molecular flexibility index (Phi) is 4.33. The molecule has 5 nitrogen and oxygen atoms in total. The van der Waals surface area contributed by atoms with E-state index in [9.17, 15) is 16.8 Å². The van der Waals surface area contributed by atoms with Crippen molar-refractivity contribution in [3.05, 3.63) is 29.8 Å². The van der Waals surface area contributed by atoms with Crippen molar-refractivity contribution in [3.63, 3.8) is 0 Å². The fraction of sp³-hybridized carbons (Fsp3) is 0.647. The Labute approximate surface area is 145 Å². The van der Waals surface area contributed by atoms with Gasteiger partial charge >= 0.3 is 0 Å². The van der Waals surface area contributed by atoms with E-state index >= 15 is 0 Å². The maximum Gasteiger partial charge on any atom is 0.243 e. The molecule has 3 rings (SSSR count). The van der Waals surface area contributed by atoms with Gasteiger partial charge in [0.2, 0.25) is 10.0 Å². The van der Waals surface area contributed by atoms with Crippen LogP contribution in [-0.4, -0.2) is 44.7 Å². The number of rotatable bonds is 4. The lowest BCUT2D eigenvalue weighted by Crippen LogP contribution is -2.42. The Bertz CT molecular complexity index is 816. The highest BCUT2D eigenvalue weighted by Gasteiger charge is 2.46. The number of benzene rings is 1. The van der Waals surface area contributed by atoms with E-state index in [0.29, 0.717) is 6.42 Å². The second kappa shape index (κ2) is 5.81. The molecule has 0 amide bonds. The van der Waals surface area contributed by atoms with E-state index in [1.54, 1.807) is 12.1 Å². The first-order chi connectivity index (χ1) is 11.0. The van der Waals surface area contributed by atoms with E-state index in [0.717, 1.165) is 18.4 Å². The van der Waals surface area contributed by atoms with Crippen LogP contribution in [0, 0.1) is 0 Å². The molecule has 1 unspecified atom stereocenters. The minimum atomic E-state index is -3.66. The molecule has 1 atom stereocenters. The highest BCUT2D eigenvalue weighted by molar-refractivity contribution is 7.92. The minimum Gasteiger partial charge on any atom is -0.229 e. The molecule has 1 aliphatic carbocycles. The second-order valence-corrected chi connectivity index (χ2v) is 12.0. The molecule has 0 N–H and O–H groups in total. The predicted octanol–water partition coefficient (Wildman–Crippen LogP) is 2.32. The van der Waals surface area contributed by atoms with Gasteiger partial charge in [0.15, 0.2) is 9.84 Å². The summed E-state index contributed by atoms with van der Waals surface area (Å²) in [6.07, 6.45) is 2.03. The summed E-state index contributed by atoms with van der Waals surface area (Å²) in [5.74, 6) is 0.0299. The lowest BCUT2D eigenvalue weighted by atomic mass is 9.87. The third-order valence-corrected chi connectivity index (χ3v) is 8.54. The Morgan fingerprint density at radius 3 is 2.00 bits per heavy atom. The summed E-state index contributed by atoms with van der Waals surface area (Å²) < 4.78 is 51.3. The Balaban J connectivity index is 1.92. The molecule has 1 aromatic carbocycles. The number of nitrogens with zero attached hydrogens (tertiary/aromatic N) is 1. The van der Waals surface area contributed by atoms with Crippen molar-refractivity contribution >= 4 is 19.9 Å². The van der Waals surface area contributed by atoms with Gasteiger partial charge in [-0.05, 0) is 42.4 Å². The average Bonchev–Trinajstić information content (AvgIpc) is 3.22. The van der Waals surface area contributed by atoms with Crippen molar-refractivity contribution in [3.8, 4) is 0 Å². The van der Waals surface area contributed by atoms with Gasteiger partial charge in [0.05, 0.1) is 16.4 Å². The quantitative estimate of drug-likeness (QED) is 0.814.